The van der Waals surface area contributed by atoms with Crippen molar-refractivity contribution in [2.45, 2.75) is 12.5 Å². The number of hydrogen-bond acceptors (Lipinski definition) is 4. The van der Waals surface area contributed by atoms with Crippen LogP contribution in [-0.4, -0.2) is 38.3 Å². The molecule has 0 bridgehead atoms. The molecule has 0 saturated heterocycles. The molecule has 0 fully saturated rings. The molecule has 7 heteroatoms. The first-order chi connectivity index (χ1) is 11.2. The average molecular weight is 312 g/mol. The van der Waals surface area contributed by atoms with Crippen LogP contribution < -0.4 is 10.9 Å². The third-order valence-electron chi connectivity index (χ3n) is 3.55. The SMILES string of the molecule is O=C(N[C@H](CO)Cc1ccccc1)c1c[nH]n2c(=O)ccnc12. The summed E-state index contributed by atoms with van der Waals surface area (Å²) < 4.78 is 1.19. The lowest BCUT2D eigenvalue weighted by Gasteiger charge is -2.16. The molecule has 118 valence electrons. The first kappa shape index (κ1) is 15.0. The van der Waals surface area contributed by atoms with E-state index in [-0.39, 0.29) is 23.4 Å². The van der Waals surface area contributed by atoms with E-state index in [0.717, 1.165) is 5.56 Å². The smallest absolute Gasteiger partial charge is 0.272 e. The normalized spacial score (nSPS) is 12.2. The number of carbonyl (C=O) groups is 1. The van der Waals surface area contributed by atoms with Gasteiger partial charge in [0.25, 0.3) is 11.5 Å². The zero-order valence-electron chi connectivity index (χ0n) is 12.3. The molecule has 1 amide bonds. The first-order valence-electron chi connectivity index (χ1n) is 7.20. The molecule has 3 rings (SSSR count). The number of benzene rings is 1. The number of aliphatic hydroxyl groups excluding tert-OH is 1. The lowest BCUT2D eigenvalue weighted by molar-refractivity contribution is 0.0918. The van der Waals surface area contributed by atoms with Crippen LogP contribution in [0, 0.1) is 0 Å². The van der Waals surface area contributed by atoms with E-state index in [9.17, 15) is 14.7 Å². The monoisotopic (exact) mass is 312 g/mol. The van der Waals surface area contributed by atoms with E-state index in [1.807, 2.05) is 30.3 Å². The average Bonchev–Trinajstić information content (AvgIpc) is 3.00. The van der Waals surface area contributed by atoms with Crippen molar-refractivity contribution >= 4 is 11.6 Å². The molecule has 2 heterocycles. The predicted molar refractivity (Wildman–Crippen MR) is 84.3 cm³/mol. The van der Waals surface area contributed by atoms with Gasteiger partial charge in [-0.3, -0.25) is 14.7 Å². The summed E-state index contributed by atoms with van der Waals surface area (Å²) >= 11 is 0. The predicted octanol–water partition coefficient (Wildman–Crippen LogP) is 0.356. The Morgan fingerprint density at radius 1 is 1.30 bits per heavy atom. The zero-order valence-corrected chi connectivity index (χ0v) is 12.3. The number of aromatic amines is 1. The Morgan fingerprint density at radius 3 is 2.83 bits per heavy atom. The van der Waals surface area contributed by atoms with Gasteiger partial charge < -0.3 is 10.4 Å². The van der Waals surface area contributed by atoms with Gasteiger partial charge in [0, 0.05) is 18.5 Å². The zero-order chi connectivity index (χ0) is 16.2. The Kier molecular flexibility index (Phi) is 4.20. The Balaban J connectivity index is 1.79. The molecule has 2 aromatic heterocycles. The lowest BCUT2D eigenvalue weighted by atomic mass is 10.1. The van der Waals surface area contributed by atoms with Crippen molar-refractivity contribution in [3.63, 3.8) is 0 Å². The highest BCUT2D eigenvalue weighted by atomic mass is 16.3. The minimum absolute atomic E-state index is 0.184. The van der Waals surface area contributed by atoms with Crippen LogP contribution >= 0.6 is 0 Å². The minimum Gasteiger partial charge on any atom is -0.394 e. The third-order valence-corrected chi connectivity index (χ3v) is 3.55. The second-order valence-electron chi connectivity index (χ2n) is 5.17. The fraction of sp³-hybridized carbons (Fsp3) is 0.188. The molecule has 0 aliphatic carbocycles. The summed E-state index contributed by atoms with van der Waals surface area (Å²) in [5.41, 5.74) is 1.23. The van der Waals surface area contributed by atoms with Crippen LogP contribution in [0.1, 0.15) is 15.9 Å². The standard InChI is InChI=1S/C16H16N4O3/c21-10-12(8-11-4-2-1-3-5-11)19-16(23)13-9-18-20-14(22)6-7-17-15(13)20/h1-7,9,12,18,21H,8,10H2,(H,19,23)/t12-/m0/s1. The molecule has 0 aliphatic rings. The minimum atomic E-state index is -0.421. The van der Waals surface area contributed by atoms with Gasteiger partial charge in [0.15, 0.2) is 5.65 Å². The van der Waals surface area contributed by atoms with Gasteiger partial charge >= 0.3 is 0 Å². The summed E-state index contributed by atoms with van der Waals surface area (Å²) in [7, 11) is 0. The van der Waals surface area contributed by atoms with Gasteiger partial charge in [-0.1, -0.05) is 30.3 Å². The highest BCUT2D eigenvalue weighted by Gasteiger charge is 2.18. The maximum absolute atomic E-state index is 12.4. The van der Waals surface area contributed by atoms with Crippen molar-refractivity contribution in [2.24, 2.45) is 0 Å². The van der Waals surface area contributed by atoms with E-state index in [1.54, 1.807) is 0 Å². The molecule has 1 aromatic carbocycles. The highest BCUT2D eigenvalue weighted by Crippen LogP contribution is 2.07. The van der Waals surface area contributed by atoms with Crippen molar-refractivity contribution in [1.82, 2.24) is 19.9 Å². The maximum Gasteiger partial charge on any atom is 0.272 e. The number of rotatable bonds is 5. The van der Waals surface area contributed by atoms with Crippen molar-refractivity contribution in [3.05, 3.63) is 70.3 Å². The molecule has 3 aromatic rings. The number of fused-ring (bicyclic) bond motifs is 1. The van der Waals surface area contributed by atoms with E-state index < -0.39 is 11.9 Å². The van der Waals surface area contributed by atoms with Gasteiger partial charge in [0.1, 0.15) is 5.56 Å². The largest absolute Gasteiger partial charge is 0.394 e. The van der Waals surface area contributed by atoms with Gasteiger partial charge in [-0.05, 0) is 12.0 Å². The molecule has 23 heavy (non-hydrogen) atoms. The van der Waals surface area contributed by atoms with Gasteiger partial charge in [0.05, 0.1) is 12.6 Å². The number of nitrogens with one attached hydrogen (secondary N) is 2. The molecule has 0 unspecified atom stereocenters. The Labute approximate surface area is 131 Å². The number of hydrogen-bond donors (Lipinski definition) is 3. The Morgan fingerprint density at radius 2 is 2.09 bits per heavy atom. The van der Waals surface area contributed by atoms with E-state index in [4.69, 9.17) is 0 Å². The number of aromatic nitrogens is 3. The summed E-state index contributed by atoms with van der Waals surface area (Å²) in [5.74, 6) is -0.392. The summed E-state index contributed by atoms with van der Waals surface area (Å²) in [5, 5.41) is 15.0. The quantitative estimate of drug-likeness (QED) is 0.633. The number of nitrogens with zero attached hydrogens (tertiary/aromatic N) is 2. The van der Waals surface area contributed by atoms with E-state index in [2.05, 4.69) is 15.4 Å². The van der Waals surface area contributed by atoms with Gasteiger partial charge in [0.2, 0.25) is 0 Å². The highest BCUT2D eigenvalue weighted by molar-refractivity contribution is 5.99. The van der Waals surface area contributed by atoms with Crippen LogP contribution in [0.3, 0.4) is 0 Å². The molecular weight excluding hydrogens is 296 g/mol. The van der Waals surface area contributed by atoms with Crippen molar-refractivity contribution in [2.75, 3.05) is 6.61 Å². The van der Waals surface area contributed by atoms with Gasteiger partial charge in [-0.2, -0.15) is 0 Å². The number of H-pyrrole nitrogens is 1. The van der Waals surface area contributed by atoms with Crippen LogP contribution in [0.2, 0.25) is 0 Å². The van der Waals surface area contributed by atoms with Crippen LogP contribution in [0.4, 0.5) is 0 Å². The fourth-order valence-electron chi connectivity index (χ4n) is 2.41. The third kappa shape index (κ3) is 3.14. The van der Waals surface area contributed by atoms with Crippen LogP contribution in [-0.2, 0) is 6.42 Å². The Bertz CT molecular complexity index is 870. The molecule has 1 atom stereocenters. The summed E-state index contributed by atoms with van der Waals surface area (Å²) in [6, 6.07) is 10.5. The summed E-state index contributed by atoms with van der Waals surface area (Å²) in [6.45, 7) is -0.184. The lowest BCUT2D eigenvalue weighted by Crippen LogP contribution is -2.39. The molecule has 0 spiro atoms. The topological polar surface area (TPSA) is 99.5 Å². The van der Waals surface area contributed by atoms with Crippen LogP contribution in [0.25, 0.3) is 5.65 Å². The maximum atomic E-state index is 12.4. The summed E-state index contributed by atoms with van der Waals surface area (Å²) in [4.78, 5) is 28.1. The van der Waals surface area contributed by atoms with E-state index in [0.29, 0.717) is 6.42 Å². The molecular formula is C16H16N4O3. The van der Waals surface area contributed by atoms with Gasteiger partial charge in [-0.25, -0.2) is 9.50 Å². The van der Waals surface area contributed by atoms with E-state index >= 15 is 0 Å². The number of carbonyl (C=O) groups excluding carboxylic acids is 1. The van der Waals surface area contributed by atoms with Crippen LogP contribution in [0.15, 0.2) is 53.6 Å². The van der Waals surface area contributed by atoms with Crippen molar-refractivity contribution in [3.8, 4) is 0 Å². The van der Waals surface area contributed by atoms with E-state index in [1.165, 1.54) is 23.0 Å². The van der Waals surface area contributed by atoms with Crippen molar-refractivity contribution < 1.29 is 9.90 Å². The molecule has 0 radical (unpaired) electrons. The first-order valence-corrected chi connectivity index (χ1v) is 7.20. The fourth-order valence-corrected chi connectivity index (χ4v) is 2.41. The summed E-state index contributed by atoms with van der Waals surface area (Å²) in [6.07, 6.45) is 3.30. The number of aliphatic hydroxyl groups is 1. The molecule has 0 saturated carbocycles. The second kappa shape index (κ2) is 6.45. The second-order valence-corrected chi connectivity index (χ2v) is 5.17. The molecule has 3 N–H and O–H groups in total. The number of amides is 1. The van der Waals surface area contributed by atoms with Gasteiger partial charge in [-0.15, -0.1) is 0 Å². The van der Waals surface area contributed by atoms with Crippen LogP contribution in [0.5, 0.6) is 0 Å². The Hall–Kier alpha value is -2.93. The van der Waals surface area contributed by atoms with Crippen molar-refractivity contribution in [1.29, 1.82) is 0 Å². The molecule has 0 aliphatic heterocycles. The molecule has 7 nitrogen and oxygen atoms in total.